The van der Waals surface area contributed by atoms with Crippen LogP contribution in [-0.4, -0.2) is 94.9 Å². The largest absolute Gasteiger partial charge is 0.490 e. The molecule has 0 spiro atoms. The maximum Gasteiger partial charge on any atom is 0.261 e. The summed E-state index contributed by atoms with van der Waals surface area (Å²) < 4.78 is 66.7. The van der Waals surface area contributed by atoms with Gasteiger partial charge < -0.3 is 19.5 Å². The summed E-state index contributed by atoms with van der Waals surface area (Å²) in [6.45, 7) is 7.71. The second-order valence-electron chi connectivity index (χ2n) is 11.5. The maximum absolute atomic E-state index is 14.2. The van der Waals surface area contributed by atoms with Crippen molar-refractivity contribution in [3.63, 3.8) is 0 Å². The lowest BCUT2D eigenvalue weighted by Gasteiger charge is -2.35. The lowest BCUT2D eigenvalue weighted by molar-refractivity contribution is -0.00828. The van der Waals surface area contributed by atoms with Gasteiger partial charge in [0.15, 0.2) is 0 Å². The molecule has 1 amide bonds. The molecule has 13 heteroatoms. The summed E-state index contributed by atoms with van der Waals surface area (Å²) in [6.07, 6.45) is 2.58. The third kappa shape index (κ3) is 9.64. The van der Waals surface area contributed by atoms with E-state index >= 15 is 0 Å². The second-order valence-corrected chi connectivity index (χ2v) is 15.2. The van der Waals surface area contributed by atoms with Crippen LogP contribution in [0.2, 0.25) is 0 Å². The minimum absolute atomic E-state index is 0.0869. The van der Waals surface area contributed by atoms with Gasteiger partial charge >= 0.3 is 0 Å². The lowest BCUT2D eigenvalue weighted by atomic mass is 10.0. The van der Waals surface area contributed by atoms with E-state index in [0.29, 0.717) is 18.8 Å². The number of rotatable bonds is 8. The Balaban J connectivity index is 2.02. The van der Waals surface area contributed by atoms with Crippen LogP contribution in [0.5, 0.6) is 5.75 Å². The van der Waals surface area contributed by atoms with Gasteiger partial charge in [-0.25, -0.2) is 21.1 Å². The van der Waals surface area contributed by atoms with Gasteiger partial charge in [-0.15, -0.1) is 0 Å². The molecule has 0 saturated heterocycles. The number of hydrogen-bond donors (Lipinski definition) is 2. The Morgan fingerprint density at radius 2 is 1.77 bits per heavy atom. The first-order chi connectivity index (χ1) is 20.1. The first kappa shape index (κ1) is 34.8. The molecule has 2 aromatic rings. The summed E-state index contributed by atoms with van der Waals surface area (Å²) in [5.74, 6) is -0.462. The molecule has 0 unspecified atom stereocenters. The molecule has 11 nitrogen and oxygen atoms in total. The number of nitrogens with one attached hydrogen (secondary N) is 1. The summed E-state index contributed by atoms with van der Waals surface area (Å²) in [6, 6.07) is 10.4. The Bertz CT molecular complexity index is 1450. The number of nitrogens with zero attached hydrogens (tertiary/aromatic N) is 2. The van der Waals surface area contributed by atoms with Crippen molar-refractivity contribution in [3.05, 3.63) is 53.6 Å². The Hall–Kier alpha value is -2.71. The SMILES string of the molecule is Cc1ccc(S(=O)(=O)Nc2ccc3c(c2)C(=O)N([C@H](C)CO)C[C@@H](C)[C@@H](CN(C)S(C)(=O)=O)OCCCC[C@H](C)O3)cc1. The predicted molar refractivity (Wildman–Crippen MR) is 166 cm³/mol. The summed E-state index contributed by atoms with van der Waals surface area (Å²) >= 11 is 0. The van der Waals surface area contributed by atoms with E-state index in [-0.39, 0.29) is 47.9 Å². The third-order valence-corrected chi connectivity index (χ3v) is 10.3. The van der Waals surface area contributed by atoms with E-state index in [0.717, 1.165) is 24.7 Å². The van der Waals surface area contributed by atoms with E-state index in [1.54, 1.807) is 31.2 Å². The number of ether oxygens (including phenoxy) is 2. The fourth-order valence-corrected chi connectivity index (χ4v) is 6.24. The number of aliphatic hydroxyl groups excluding tert-OH is 1. The topological polar surface area (TPSA) is 143 Å². The van der Waals surface area contributed by atoms with Gasteiger partial charge in [0.05, 0.1) is 41.6 Å². The molecule has 3 rings (SSSR count). The highest BCUT2D eigenvalue weighted by atomic mass is 32.2. The summed E-state index contributed by atoms with van der Waals surface area (Å²) in [5.41, 5.74) is 1.25. The number of benzene rings is 2. The van der Waals surface area contributed by atoms with Gasteiger partial charge in [0, 0.05) is 38.3 Å². The number of aliphatic hydroxyl groups is 1. The van der Waals surface area contributed by atoms with E-state index in [4.69, 9.17) is 9.47 Å². The molecule has 0 aromatic heterocycles. The van der Waals surface area contributed by atoms with Gasteiger partial charge in [-0.3, -0.25) is 9.52 Å². The zero-order chi connectivity index (χ0) is 31.9. The number of fused-ring (bicyclic) bond motifs is 1. The van der Waals surface area contributed by atoms with Crippen molar-refractivity contribution in [3.8, 4) is 5.75 Å². The Labute approximate surface area is 256 Å². The molecule has 2 aromatic carbocycles. The molecule has 0 fully saturated rings. The van der Waals surface area contributed by atoms with Crippen molar-refractivity contribution in [1.29, 1.82) is 0 Å². The van der Waals surface area contributed by atoms with E-state index in [1.807, 2.05) is 20.8 Å². The number of amides is 1. The fourth-order valence-electron chi connectivity index (χ4n) is 4.77. The zero-order valence-corrected chi connectivity index (χ0v) is 27.4. The summed E-state index contributed by atoms with van der Waals surface area (Å²) in [7, 11) is -5.90. The molecule has 0 radical (unpaired) electrons. The maximum atomic E-state index is 14.2. The molecule has 1 aliphatic heterocycles. The van der Waals surface area contributed by atoms with Crippen LogP contribution >= 0.6 is 0 Å². The van der Waals surface area contributed by atoms with Crippen LogP contribution in [0.4, 0.5) is 5.69 Å². The number of hydrogen-bond acceptors (Lipinski definition) is 8. The fraction of sp³-hybridized carbons (Fsp3) is 0.567. The van der Waals surface area contributed by atoms with Gasteiger partial charge in [-0.2, -0.15) is 0 Å². The average molecular weight is 640 g/mol. The quantitative estimate of drug-likeness (QED) is 0.447. The Morgan fingerprint density at radius 1 is 1.09 bits per heavy atom. The second kappa shape index (κ2) is 14.8. The van der Waals surface area contributed by atoms with Gasteiger partial charge in [0.25, 0.3) is 15.9 Å². The number of carbonyl (C=O) groups excluding carboxylic acids is 1. The highest BCUT2D eigenvalue weighted by molar-refractivity contribution is 7.92. The van der Waals surface area contributed by atoms with Crippen LogP contribution in [0.1, 0.15) is 56.0 Å². The highest BCUT2D eigenvalue weighted by Gasteiger charge is 2.31. The molecule has 43 heavy (non-hydrogen) atoms. The van der Waals surface area contributed by atoms with Crippen LogP contribution in [-0.2, 0) is 24.8 Å². The van der Waals surface area contributed by atoms with E-state index in [1.165, 1.54) is 34.5 Å². The normalized spacial score (nSPS) is 21.9. The monoisotopic (exact) mass is 639 g/mol. The van der Waals surface area contributed by atoms with Crippen LogP contribution in [0.25, 0.3) is 0 Å². The zero-order valence-electron chi connectivity index (χ0n) is 25.8. The van der Waals surface area contributed by atoms with Crippen molar-refractivity contribution in [2.75, 3.05) is 44.3 Å². The van der Waals surface area contributed by atoms with Crippen LogP contribution in [0.15, 0.2) is 47.4 Å². The van der Waals surface area contributed by atoms with Crippen molar-refractivity contribution in [2.45, 2.75) is 70.1 Å². The van der Waals surface area contributed by atoms with Gasteiger partial charge in [-0.05, 0) is 70.4 Å². The number of likely N-dealkylation sites (N-methyl/N-ethyl adjacent to an activating group) is 1. The predicted octanol–water partition coefficient (Wildman–Crippen LogP) is 3.48. The average Bonchev–Trinajstić information content (AvgIpc) is 2.94. The highest BCUT2D eigenvalue weighted by Crippen LogP contribution is 2.29. The van der Waals surface area contributed by atoms with Crippen molar-refractivity contribution in [1.82, 2.24) is 9.21 Å². The molecule has 4 atom stereocenters. The van der Waals surface area contributed by atoms with Gasteiger partial charge in [0.1, 0.15) is 5.75 Å². The minimum Gasteiger partial charge on any atom is -0.490 e. The molecule has 240 valence electrons. The van der Waals surface area contributed by atoms with E-state index in [9.17, 15) is 26.7 Å². The van der Waals surface area contributed by atoms with E-state index < -0.39 is 38.1 Å². The van der Waals surface area contributed by atoms with Crippen LogP contribution < -0.4 is 9.46 Å². The molecular weight excluding hydrogens is 594 g/mol. The van der Waals surface area contributed by atoms with Crippen molar-refractivity contribution >= 4 is 31.6 Å². The third-order valence-electron chi connectivity index (χ3n) is 7.64. The molecule has 2 N–H and O–H groups in total. The van der Waals surface area contributed by atoms with Gasteiger partial charge in [-0.1, -0.05) is 24.6 Å². The van der Waals surface area contributed by atoms with Crippen molar-refractivity contribution < 1.29 is 36.2 Å². The number of aryl methyl sites for hydroxylation is 1. The molecular formula is C30H45N3O8S2. The van der Waals surface area contributed by atoms with Crippen LogP contribution in [0.3, 0.4) is 0 Å². The number of sulfonamides is 2. The first-order valence-electron chi connectivity index (χ1n) is 14.5. The molecule has 1 aliphatic rings. The number of anilines is 1. The Morgan fingerprint density at radius 3 is 2.40 bits per heavy atom. The number of carbonyl (C=O) groups is 1. The van der Waals surface area contributed by atoms with Crippen molar-refractivity contribution in [2.24, 2.45) is 5.92 Å². The lowest BCUT2D eigenvalue weighted by Crippen LogP contribution is -2.47. The van der Waals surface area contributed by atoms with E-state index in [2.05, 4.69) is 4.72 Å². The molecule has 0 bridgehead atoms. The summed E-state index contributed by atoms with van der Waals surface area (Å²) in [5, 5.41) is 10.1. The first-order valence-corrected chi connectivity index (χ1v) is 17.8. The standard InChI is InChI=1S/C30H45N3O8S2/c1-21-10-13-26(14-11-21)43(38,39)31-25-12-15-28-27(17-25)30(35)33(23(3)20-34)18-22(2)29(19-32(5)42(6,36)37)40-16-8-7-9-24(4)41-28/h10-15,17,22-24,29,31,34H,7-9,16,18-20H2,1-6H3/t22-,23-,24+,29-/m1/s1. The van der Waals surface area contributed by atoms with Gasteiger partial charge in [0.2, 0.25) is 10.0 Å². The molecule has 1 heterocycles. The molecule has 0 saturated carbocycles. The van der Waals surface area contributed by atoms with Crippen LogP contribution in [0, 0.1) is 12.8 Å². The smallest absolute Gasteiger partial charge is 0.261 e. The minimum atomic E-state index is -3.93. The Kier molecular flexibility index (Phi) is 12.0. The summed E-state index contributed by atoms with van der Waals surface area (Å²) in [4.78, 5) is 15.8. The molecule has 0 aliphatic carbocycles.